The van der Waals surface area contributed by atoms with E-state index in [1.807, 2.05) is 6.07 Å². The fraction of sp³-hybridized carbons (Fsp3) is 0.360. The third-order valence-electron chi connectivity index (χ3n) is 4.50. The van der Waals surface area contributed by atoms with Crippen molar-refractivity contribution in [2.45, 2.75) is 45.3 Å². The molecule has 0 spiro atoms. The van der Waals surface area contributed by atoms with Crippen LogP contribution in [0.5, 0.6) is 0 Å². The lowest BCUT2D eigenvalue weighted by molar-refractivity contribution is -0.144. The highest BCUT2D eigenvalue weighted by Gasteiger charge is 2.26. The lowest BCUT2D eigenvalue weighted by atomic mass is 10.0. The first kappa shape index (κ1) is 28.0. The minimum absolute atomic E-state index is 0.0816. The quantitative estimate of drug-likeness (QED) is 0.462. The maximum Gasteiger partial charge on any atom is 0.408 e. The highest BCUT2D eigenvalue weighted by Crippen LogP contribution is 2.15. The van der Waals surface area contributed by atoms with Crippen LogP contribution < -0.4 is 10.6 Å². The number of ketones is 1. The number of hydrogen-bond donors (Lipinski definition) is 2. The van der Waals surface area contributed by atoms with Gasteiger partial charge in [-0.25, -0.2) is 9.59 Å². The maximum absolute atomic E-state index is 12.3. The summed E-state index contributed by atoms with van der Waals surface area (Å²) in [6, 6.07) is 12.5. The van der Waals surface area contributed by atoms with E-state index in [1.165, 1.54) is 6.07 Å². The molecule has 0 fully saturated rings. The number of benzene rings is 1. The lowest BCUT2D eigenvalue weighted by Gasteiger charge is -2.22. The normalized spacial score (nSPS) is 11.4. The van der Waals surface area contributed by atoms with E-state index >= 15 is 0 Å². The molecule has 0 radical (unpaired) electrons. The maximum atomic E-state index is 12.3. The van der Waals surface area contributed by atoms with Gasteiger partial charge in [0.25, 0.3) is 5.91 Å². The van der Waals surface area contributed by atoms with Crippen LogP contribution in [0.1, 0.15) is 46.4 Å². The van der Waals surface area contributed by atoms with Gasteiger partial charge in [0.1, 0.15) is 28.7 Å². The van der Waals surface area contributed by atoms with Crippen molar-refractivity contribution in [3.8, 4) is 12.1 Å². The molecule has 11 heteroatoms. The predicted molar refractivity (Wildman–Crippen MR) is 130 cm³/mol. The van der Waals surface area contributed by atoms with Crippen LogP contribution in [0.15, 0.2) is 36.4 Å². The van der Waals surface area contributed by atoms with Gasteiger partial charge in [-0.2, -0.15) is 10.5 Å². The van der Waals surface area contributed by atoms with E-state index in [1.54, 1.807) is 57.2 Å². The van der Waals surface area contributed by atoms with Crippen molar-refractivity contribution in [1.82, 2.24) is 10.6 Å². The zero-order chi connectivity index (χ0) is 26.7. The predicted octanol–water partition coefficient (Wildman–Crippen LogP) is 2.66. The standard InChI is InChI=1S/C25H26N4O6S/c1-25(2,3)35-24(33)29-20(23(32)34-11-10-26)13-17-6-4-16(5-7-17)12-18(30)15-28-22(31)21-9-8-19(14-27)36-21/h4-9,20H,11-13,15H2,1-3H3,(H,28,31)(H,29,33)/t20-/m0/s1. The molecule has 0 saturated carbocycles. The molecule has 2 aromatic rings. The molecule has 0 aliphatic heterocycles. The second kappa shape index (κ2) is 13.0. The van der Waals surface area contributed by atoms with Gasteiger partial charge in [0.15, 0.2) is 12.4 Å². The number of amides is 2. The van der Waals surface area contributed by atoms with Gasteiger partial charge in [-0.3, -0.25) is 9.59 Å². The number of esters is 1. The molecule has 0 saturated heterocycles. The summed E-state index contributed by atoms with van der Waals surface area (Å²) in [7, 11) is 0. The van der Waals surface area contributed by atoms with Crippen molar-refractivity contribution >= 4 is 35.1 Å². The molecule has 2 amide bonds. The van der Waals surface area contributed by atoms with Crippen molar-refractivity contribution < 1.29 is 28.7 Å². The van der Waals surface area contributed by atoms with Crippen LogP contribution >= 0.6 is 11.3 Å². The summed E-state index contributed by atoms with van der Waals surface area (Å²) >= 11 is 1.05. The van der Waals surface area contributed by atoms with Gasteiger partial charge in [-0.1, -0.05) is 24.3 Å². The van der Waals surface area contributed by atoms with E-state index in [-0.39, 0.29) is 25.2 Å². The Hall–Kier alpha value is -4.22. The summed E-state index contributed by atoms with van der Waals surface area (Å²) in [5, 5.41) is 22.5. The molecular weight excluding hydrogens is 484 g/mol. The summed E-state index contributed by atoms with van der Waals surface area (Å²) in [5.74, 6) is -1.40. The molecule has 1 heterocycles. The molecule has 188 valence electrons. The molecule has 2 N–H and O–H groups in total. The smallest absolute Gasteiger partial charge is 0.408 e. The van der Waals surface area contributed by atoms with Crippen LogP contribution in [0.3, 0.4) is 0 Å². The topological polar surface area (TPSA) is 158 Å². The number of thiophene rings is 1. The molecule has 2 rings (SSSR count). The number of carbonyl (C=O) groups is 4. The highest BCUT2D eigenvalue weighted by molar-refractivity contribution is 7.14. The van der Waals surface area contributed by atoms with E-state index in [0.717, 1.165) is 11.3 Å². The van der Waals surface area contributed by atoms with Crippen molar-refractivity contribution in [3.63, 3.8) is 0 Å². The average Bonchev–Trinajstić information content (AvgIpc) is 3.30. The zero-order valence-corrected chi connectivity index (χ0v) is 20.9. The SMILES string of the molecule is CC(C)(C)OC(=O)N[C@@H](Cc1ccc(CC(=O)CNC(=O)c2ccc(C#N)s2)cc1)C(=O)OCC#N. The second-order valence-corrected chi connectivity index (χ2v) is 9.74. The largest absolute Gasteiger partial charge is 0.449 e. The fourth-order valence-electron chi connectivity index (χ4n) is 2.95. The molecular formula is C25H26N4O6S. The fourth-order valence-corrected chi connectivity index (χ4v) is 3.67. The van der Waals surface area contributed by atoms with Crippen LogP contribution in [0, 0.1) is 22.7 Å². The Kier molecular flexibility index (Phi) is 10.1. The lowest BCUT2D eigenvalue weighted by Crippen LogP contribution is -2.45. The Morgan fingerprint density at radius 2 is 1.69 bits per heavy atom. The van der Waals surface area contributed by atoms with E-state index in [2.05, 4.69) is 10.6 Å². The van der Waals surface area contributed by atoms with Crippen LogP contribution in [0.2, 0.25) is 0 Å². The van der Waals surface area contributed by atoms with Crippen LogP contribution in [0.25, 0.3) is 0 Å². The minimum atomic E-state index is -1.07. The Morgan fingerprint density at radius 1 is 1.03 bits per heavy atom. The molecule has 0 unspecified atom stereocenters. The van der Waals surface area contributed by atoms with Gasteiger partial charge < -0.3 is 20.1 Å². The number of nitrogens with one attached hydrogen (secondary N) is 2. The molecule has 0 bridgehead atoms. The van der Waals surface area contributed by atoms with Crippen molar-refractivity contribution in [2.75, 3.05) is 13.2 Å². The zero-order valence-electron chi connectivity index (χ0n) is 20.1. The molecule has 1 atom stereocenters. The minimum Gasteiger partial charge on any atom is -0.449 e. The summed E-state index contributed by atoms with van der Waals surface area (Å²) < 4.78 is 10.0. The number of ether oxygens (including phenoxy) is 2. The van der Waals surface area contributed by atoms with Gasteiger partial charge in [0.2, 0.25) is 0 Å². The monoisotopic (exact) mass is 510 g/mol. The molecule has 0 aliphatic carbocycles. The number of Topliss-reactive ketones (excluding diaryl/α,β-unsaturated/α-hetero) is 1. The van der Waals surface area contributed by atoms with Crippen LogP contribution in [-0.2, 0) is 31.9 Å². The second-order valence-electron chi connectivity index (χ2n) is 8.66. The first-order valence-corrected chi connectivity index (χ1v) is 11.7. The van der Waals surface area contributed by atoms with Crippen LogP contribution in [0.4, 0.5) is 4.79 Å². The van der Waals surface area contributed by atoms with Gasteiger partial charge in [0, 0.05) is 12.8 Å². The summed E-state index contributed by atoms with van der Waals surface area (Å²) in [6.07, 6.45) is -0.630. The van der Waals surface area contributed by atoms with E-state index < -0.39 is 36.2 Å². The highest BCUT2D eigenvalue weighted by atomic mass is 32.1. The third kappa shape index (κ3) is 9.57. The third-order valence-corrected chi connectivity index (χ3v) is 5.49. The average molecular weight is 511 g/mol. The Bertz CT molecular complexity index is 1180. The van der Waals surface area contributed by atoms with Crippen molar-refractivity contribution in [3.05, 3.63) is 57.3 Å². The van der Waals surface area contributed by atoms with Gasteiger partial charge >= 0.3 is 12.1 Å². The molecule has 36 heavy (non-hydrogen) atoms. The van der Waals surface area contributed by atoms with Gasteiger partial charge in [-0.15, -0.1) is 11.3 Å². The van der Waals surface area contributed by atoms with E-state index in [4.69, 9.17) is 20.0 Å². The first-order chi connectivity index (χ1) is 17.0. The Labute approximate surface area is 212 Å². The Balaban J connectivity index is 1.94. The van der Waals surface area contributed by atoms with Gasteiger partial charge in [0.05, 0.1) is 11.4 Å². The molecule has 1 aromatic heterocycles. The molecule has 0 aliphatic rings. The van der Waals surface area contributed by atoms with Crippen molar-refractivity contribution in [1.29, 1.82) is 10.5 Å². The first-order valence-electron chi connectivity index (χ1n) is 10.9. The summed E-state index contributed by atoms with van der Waals surface area (Å²) in [4.78, 5) is 49.6. The van der Waals surface area contributed by atoms with E-state index in [9.17, 15) is 19.2 Å². The Morgan fingerprint density at radius 3 is 2.28 bits per heavy atom. The number of nitrogens with zero attached hydrogens (tertiary/aromatic N) is 2. The number of alkyl carbamates (subject to hydrolysis) is 1. The summed E-state index contributed by atoms with van der Waals surface area (Å²) in [6.45, 7) is 4.46. The number of carbonyl (C=O) groups excluding carboxylic acids is 4. The van der Waals surface area contributed by atoms with Gasteiger partial charge in [-0.05, 0) is 44.0 Å². The number of rotatable bonds is 10. The van der Waals surface area contributed by atoms with Crippen LogP contribution in [-0.4, -0.2) is 48.5 Å². The van der Waals surface area contributed by atoms with Crippen molar-refractivity contribution in [2.24, 2.45) is 0 Å². The van der Waals surface area contributed by atoms with E-state index in [0.29, 0.717) is 20.9 Å². The molecule has 1 aromatic carbocycles. The summed E-state index contributed by atoms with van der Waals surface area (Å²) in [5.41, 5.74) is 0.618. The number of nitriles is 2. The number of hydrogen-bond acceptors (Lipinski definition) is 9. The molecule has 10 nitrogen and oxygen atoms in total.